The molecular weight excluding hydrogens is 313 g/mol. The highest BCUT2D eigenvalue weighted by molar-refractivity contribution is 7.99. The van der Waals surface area contributed by atoms with Gasteiger partial charge >= 0.3 is 0 Å². The maximum absolute atomic E-state index is 6.10. The molecule has 2 rings (SSSR count). The number of hydrogen-bond acceptors (Lipinski definition) is 3. The van der Waals surface area contributed by atoms with Crippen LogP contribution in [0.5, 0.6) is 5.75 Å². The second kappa shape index (κ2) is 7.79. The fourth-order valence-corrected chi connectivity index (χ4v) is 2.98. The van der Waals surface area contributed by atoms with Gasteiger partial charge in [0.2, 0.25) is 0 Å². The molecule has 0 aliphatic heterocycles. The zero-order valence-electron chi connectivity index (χ0n) is 10.8. The van der Waals surface area contributed by atoms with Crippen LogP contribution in [-0.4, -0.2) is 12.4 Å². The maximum Gasteiger partial charge on any atom is 0.119 e. The predicted octanol–water partition coefficient (Wildman–Crippen LogP) is 4.62. The first kappa shape index (κ1) is 15.5. The summed E-state index contributed by atoms with van der Waals surface area (Å²) >= 11 is 13.7. The van der Waals surface area contributed by atoms with Gasteiger partial charge in [0.15, 0.2) is 0 Å². The summed E-state index contributed by atoms with van der Waals surface area (Å²) in [5.41, 5.74) is 6.66. The van der Waals surface area contributed by atoms with Gasteiger partial charge in [-0.05, 0) is 35.9 Å². The molecule has 0 fully saturated rings. The number of ether oxygens (including phenoxy) is 1. The van der Waals surface area contributed by atoms with Gasteiger partial charge in [0.1, 0.15) is 5.75 Å². The number of thioether (sulfide) groups is 1. The Hall–Kier alpha value is -0.870. The summed E-state index contributed by atoms with van der Waals surface area (Å²) in [6, 6.07) is 13.3. The Morgan fingerprint density at radius 3 is 2.75 bits per heavy atom. The first-order chi connectivity index (χ1) is 9.69. The van der Waals surface area contributed by atoms with Crippen LogP contribution in [0.1, 0.15) is 5.56 Å². The number of rotatable bonds is 6. The van der Waals surface area contributed by atoms with Crippen LogP contribution in [0.25, 0.3) is 0 Å². The Balaban J connectivity index is 1.82. The summed E-state index contributed by atoms with van der Waals surface area (Å²) in [5, 5.41) is 1.40. The summed E-state index contributed by atoms with van der Waals surface area (Å²) in [6.07, 6.45) is 0. The lowest BCUT2D eigenvalue weighted by Crippen LogP contribution is -2.01. The molecule has 2 aromatic rings. The summed E-state index contributed by atoms with van der Waals surface area (Å²) in [6.45, 7) is 1.12. The lowest BCUT2D eigenvalue weighted by molar-refractivity contribution is 0.343. The van der Waals surface area contributed by atoms with Crippen LogP contribution in [-0.2, 0) is 6.54 Å². The van der Waals surface area contributed by atoms with Crippen LogP contribution < -0.4 is 10.5 Å². The predicted molar refractivity (Wildman–Crippen MR) is 87.0 cm³/mol. The normalized spacial score (nSPS) is 10.6. The number of nitrogens with two attached hydrogens (primary N) is 1. The highest BCUT2D eigenvalue weighted by atomic mass is 35.5. The Morgan fingerprint density at radius 2 is 1.95 bits per heavy atom. The van der Waals surface area contributed by atoms with Crippen LogP contribution in [0.15, 0.2) is 47.4 Å². The number of benzene rings is 2. The molecule has 0 spiro atoms. The van der Waals surface area contributed by atoms with Crippen molar-refractivity contribution in [3.8, 4) is 5.75 Å². The van der Waals surface area contributed by atoms with E-state index in [2.05, 4.69) is 0 Å². The van der Waals surface area contributed by atoms with Gasteiger partial charge < -0.3 is 10.5 Å². The molecule has 2 N–H and O–H groups in total. The molecular formula is C15H15Cl2NOS. The fraction of sp³-hybridized carbons (Fsp3) is 0.200. The molecule has 0 saturated heterocycles. The van der Waals surface area contributed by atoms with Crippen LogP contribution in [0.4, 0.5) is 0 Å². The van der Waals surface area contributed by atoms with Crippen molar-refractivity contribution in [2.75, 3.05) is 12.4 Å². The summed E-state index contributed by atoms with van der Waals surface area (Å²) < 4.78 is 5.69. The summed E-state index contributed by atoms with van der Waals surface area (Å²) in [5.74, 6) is 1.64. The molecule has 106 valence electrons. The van der Waals surface area contributed by atoms with Gasteiger partial charge in [-0.15, -0.1) is 11.8 Å². The molecule has 0 aliphatic rings. The van der Waals surface area contributed by atoms with Crippen LogP contribution >= 0.6 is 35.0 Å². The molecule has 0 bridgehead atoms. The average molecular weight is 328 g/mol. The molecule has 0 atom stereocenters. The van der Waals surface area contributed by atoms with Gasteiger partial charge in [0.05, 0.1) is 11.6 Å². The van der Waals surface area contributed by atoms with E-state index in [1.165, 1.54) is 0 Å². The molecule has 0 heterocycles. The Kier molecular flexibility index (Phi) is 6.05. The Labute approximate surface area is 133 Å². The summed E-state index contributed by atoms with van der Waals surface area (Å²) in [4.78, 5) is 0.971. The van der Waals surface area contributed by atoms with Crippen molar-refractivity contribution >= 4 is 35.0 Å². The highest BCUT2D eigenvalue weighted by Gasteiger charge is 2.02. The molecule has 5 heteroatoms. The molecule has 0 saturated carbocycles. The van der Waals surface area contributed by atoms with E-state index in [9.17, 15) is 0 Å². The zero-order chi connectivity index (χ0) is 14.4. The first-order valence-electron chi connectivity index (χ1n) is 6.18. The third-order valence-electron chi connectivity index (χ3n) is 2.64. The largest absolute Gasteiger partial charge is 0.493 e. The van der Waals surface area contributed by atoms with E-state index in [-0.39, 0.29) is 0 Å². The zero-order valence-corrected chi connectivity index (χ0v) is 13.1. The van der Waals surface area contributed by atoms with Gasteiger partial charge in [-0.3, -0.25) is 0 Å². The minimum Gasteiger partial charge on any atom is -0.493 e. The molecule has 0 amide bonds. The Bertz CT molecular complexity index is 578. The second-order valence-corrected chi connectivity index (χ2v) is 6.10. The lowest BCUT2D eigenvalue weighted by Gasteiger charge is -2.08. The topological polar surface area (TPSA) is 35.2 Å². The highest BCUT2D eigenvalue weighted by Crippen LogP contribution is 2.29. The molecule has 0 aromatic heterocycles. The molecule has 0 unspecified atom stereocenters. The van der Waals surface area contributed by atoms with Crippen molar-refractivity contribution in [3.63, 3.8) is 0 Å². The smallest absolute Gasteiger partial charge is 0.119 e. The van der Waals surface area contributed by atoms with Crippen molar-refractivity contribution < 1.29 is 4.74 Å². The summed E-state index contributed by atoms with van der Waals surface area (Å²) in [7, 11) is 0. The molecule has 2 aromatic carbocycles. The van der Waals surface area contributed by atoms with E-state index in [4.69, 9.17) is 33.7 Å². The third kappa shape index (κ3) is 4.60. The molecule has 0 radical (unpaired) electrons. The van der Waals surface area contributed by atoms with Crippen LogP contribution in [0, 0.1) is 0 Å². The van der Waals surface area contributed by atoms with Gasteiger partial charge in [0.25, 0.3) is 0 Å². The first-order valence-corrected chi connectivity index (χ1v) is 7.93. The second-order valence-electron chi connectivity index (χ2n) is 4.12. The Morgan fingerprint density at radius 1 is 1.10 bits per heavy atom. The van der Waals surface area contributed by atoms with Crippen molar-refractivity contribution in [3.05, 3.63) is 58.1 Å². The minimum absolute atomic E-state index is 0.518. The van der Waals surface area contributed by atoms with Crippen molar-refractivity contribution in [2.24, 2.45) is 5.73 Å². The molecule has 20 heavy (non-hydrogen) atoms. The van der Waals surface area contributed by atoms with E-state index in [1.54, 1.807) is 23.9 Å². The van der Waals surface area contributed by atoms with Crippen molar-refractivity contribution in [1.82, 2.24) is 0 Å². The van der Waals surface area contributed by atoms with E-state index in [0.717, 1.165) is 22.0 Å². The van der Waals surface area contributed by atoms with Gasteiger partial charge in [-0.1, -0.05) is 35.3 Å². The van der Waals surface area contributed by atoms with Gasteiger partial charge in [-0.2, -0.15) is 0 Å². The standard InChI is InChI=1S/C15H15Cl2NOS/c16-12-4-5-14(17)15(9-12)20-7-6-19-13-3-1-2-11(8-13)10-18/h1-5,8-9H,6-7,10,18H2. The van der Waals surface area contributed by atoms with Gasteiger partial charge in [-0.25, -0.2) is 0 Å². The van der Waals surface area contributed by atoms with E-state index in [1.807, 2.05) is 30.3 Å². The average Bonchev–Trinajstić information content (AvgIpc) is 2.47. The van der Waals surface area contributed by atoms with E-state index < -0.39 is 0 Å². The monoisotopic (exact) mass is 327 g/mol. The quantitative estimate of drug-likeness (QED) is 0.620. The number of halogens is 2. The van der Waals surface area contributed by atoms with Gasteiger partial charge in [0, 0.05) is 22.2 Å². The fourth-order valence-electron chi connectivity index (χ4n) is 1.66. The van der Waals surface area contributed by atoms with Crippen LogP contribution in [0.3, 0.4) is 0 Å². The van der Waals surface area contributed by atoms with Crippen molar-refractivity contribution in [2.45, 2.75) is 11.4 Å². The minimum atomic E-state index is 0.518. The number of hydrogen-bond donors (Lipinski definition) is 1. The lowest BCUT2D eigenvalue weighted by atomic mass is 10.2. The van der Waals surface area contributed by atoms with E-state index >= 15 is 0 Å². The molecule has 2 nitrogen and oxygen atoms in total. The van der Waals surface area contributed by atoms with Crippen molar-refractivity contribution in [1.29, 1.82) is 0 Å². The third-order valence-corrected chi connectivity index (χ3v) is 4.33. The van der Waals surface area contributed by atoms with Crippen LogP contribution in [0.2, 0.25) is 10.0 Å². The van der Waals surface area contributed by atoms with E-state index in [0.29, 0.717) is 23.2 Å². The maximum atomic E-state index is 6.10. The SMILES string of the molecule is NCc1cccc(OCCSc2cc(Cl)ccc2Cl)c1. The molecule has 0 aliphatic carbocycles.